The van der Waals surface area contributed by atoms with Gasteiger partial charge in [0.05, 0.1) is 25.1 Å². The summed E-state index contributed by atoms with van der Waals surface area (Å²) < 4.78 is 38.8. The van der Waals surface area contributed by atoms with Crippen molar-refractivity contribution in [3.8, 4) is 11.5 Å². The lowest BCUT2D eigenvalue weighted by molar-refractivity contribution is -0.127. The molecule has 1 N–H and O–H groups in total. The molecule has 4 rings (SSSR count). The highest BCUT2D eigenvalue weighted by molar-refractivity contribution is 7.92. The van der Waals surface area contributed by atoms with E-state index in [0.29, 0.717) is 23.5 Å². The molecule has 1 aliphatic heterocycles. The fourth-order valence-corrected chi connectivity index (χ4v) is 5.09. The number of nitrogens with zero attached hydrogens (tertiary/aromatic N) is 1. The second kappa shape index (κ2) is 9.32. The maximum Gasteiger partial charge on any atom is 0.263 e. The van der Waals surface area contributed by atoms with Crippen molar-refractivity contribution in [1.29, 1.82) is 0 Å². The Balaban J connectivity index is 1.51. The first-order valence-corrected chi connectivity index (χ1v) is 11.8. The molecule has 8 heteroatoms. The Labute approximate surface area is 187 Å². The molecule has 1 aliphatic rings. The molecule has 32 heavy (non-hydrogen) atoms. The first-order chi connectivity index (χ1) is 15.5. The molecule has 0 spiro atoms. The van der Waals surface area contributed by atoms with E-state index in [4.69, 9.17) is 9.47 Å². The van der Waals surface area contributed by atoms with Crippen molar-refractivity contribution in [2.75, 3.05) is 18.0 Å². The van der Waals surface area contributed by atoms with Crippen molar-refractivity contribution in [1.82, 2.24) is 5.32 Å². The predicted molar refractivity (Wildman–Crippen MR) is 122 cm³/mol. The van der Waals surface area contributed by atoms with Gasteiger partial charge in [-0.1, -0.05) is 54.6 Å². The molecule has 0 aromatic heterocycles. The van der Waals surface area contributed by atoms with E-state index < -0.39 is 16.1 Å². The van der Waals surface area contributed by atoms with E-state index in [0.717, 1.165) is 11.3 Å². The third kappa shape index (κ3) is 4.86. The molecule has 1 unspecified atom stereocenters. The highest BCUT2D eigenvalue weighted by Crippen LogP contribution is 2.35. The van der Waals surface area contributed by atoms with E-state index in [1.165, 1.54) is 4.31 Å². The summed E-state index contributed by atoms with van der Waals surface area (Å²) in [5, 5.41) is 2.83. The minimum atomic E-state index is -3.73. The number of carbonyl (C=O) groups excluding carboxylic acids is 1. The average molecular weight is 453 g/mol. The molecule has 1 amide bonds. The minimum Gasteiger partial charge on any atom is -0.497 e. The van der Waals surface area contributed by atoms with Gasteiger partial charge in [0.1, 0.15) is 11.5 Å². The summed E-state index contributed by atoms with van der Waals surface area (Å²) in [6, 6.07) is 23.2. The Morgan fingerprint density at radius 3 is 2.41 bits per heavy atom. The number of sulfonamides is 1. The molecule has 1 heterocycles. The largest absolute Gasteiger partial charge is 0.497 e. The van der Waals surface area contributed by atoms with Crippen molar-refractivity contribution in [2.45, 2.75) is 18.4 Å². The zero-order valence-electron chi connectivity index (χ0n) is 17.6. The summed E-state index contributed by atoms with van der Waals surface area (Å²) in [5.74, 6) is 0.546. The first-order valence-electron chi connectivity index (χ1n) is 10.2. The van der Waals surface area contributed by atoms with Crippen LogP contribution in [-0.2, 0) is 27.1 Å². The van der Waals surface area contributed by atoms with Gasteiger partial charge < -0.3 is 14.8 Å². The molecule has 0 saturated carbocycles. The third-order valence-corrected chi connectivity index (χ3v) is 6.90. The summed E-state index contributed by atoms with van der Waals surface area (Å²) in [6.45, 7) is 0.196. The highest BCUT2D eigenvalue weighted by Gasteiger charge is 2.36. The number of amides is 1. The Kier molecular flexibility index (Phi) is 6.32. The number of para-hydroxylation sites is 2. The zero-order valence-corrected chi connectivity index (χ0v) is 18.4. The molecule has 3 aromatic rings. The number of methoxy groups -OCH3 is 1. The number of carbonyl (C=O) groups is 1. The van der Waals surface area contributed by atoms with Crippen LogP contribution in [0.4, 0.5) is 5.69 Å². The number of nitrogens with one attached hydrogen (secondary N) is 1. The molecule has 3 aromatic carbocycles. The van der Waals surface area contributed by atoms with E-state index in [2.05, 4.69) is 5.32 Å². The third-order valence-electron chi connectivity index (χ3n) is 5.18. The van der Waals surface area contributed by atoms with Gasteiger partial charge >= 0.3 is 0 Å². The van der Waals surface area contributed by atoms with Crippen LogP contribution in [0.1, 0.15) is 11.1 Å². The molecule has 0 fully saturated rings. The predicted octanol–water partition coefficient (Wildman–Crippen LogP) is 3.11. The molecule has 166 valence electrons. The van der Waals surface area contributed by atoms with Crippen LogP contribution >= 0.6 is 0 Å². The van der Waals surface area contributed by atoms with Gasteiger partial charge in [0.15, 0.2) is 6.10 Å². The van der Waals surface area contributed by atoms with Gasteiger partial charge in [-0.3, -0.25) is 9.10 Å². The monoisotopic (exact) mass is 452 g/mol. The topological polar surface area (TPSA) is 84.9 Å². The quantitative estimate of drug-likeness (QED) is 0.596. The average Bonchev–Trinajstić information content (AvgIpc) is 2.82. The Bertz CT molecular complexity index is 1180. The molecular weight excluding hydrogens is 428 g/mol. The minimum absolute atomic E-state index is 0.0966. The number of rotatable bonds is 7. The highest BCUT2D eigenvalue weighted by atomic mass is 32.2. The van der Waals surface area contributed by atoms with Crippen LogP contribution < -0.4 is 19.1 Å². The van der Waals surface area contributed by atoms with Crippen LogP contribution in [0.25, 0.3) is 0 Å². The Morgan fingerprint density at radius 2 is 1.69 bits per heavy atom. The van der Waals surface area contributed by atoms with Crippen molar-refractivity contribution < 1.29 is 22.7 Å². The van der Waals surface area contributed by atoms with Gasteiger partial charge in [0.25, 0.3) is 5.91 Å². The lowest BCUT2D eigenvalue weighted by Gasteiger charge is -2.34. The molecule has 7 nitrogen and oxygen atoms in total. The normalized spacial score (nSPS) is 15.4. The van der Waals surface area contributed by atoms with E-state index in [-0.39, 0.29) is 18.2 Å². The summed E-state index contributed by atoms with van der Waals surface area (Å²) >= 11 is 0. The van der Waals surface area contributed by atoms with Crippen molar-refractivity contribution in [3.05, 3.63) is 90.0 Å². The number of fused-ring (bicyclic) bond motifs is 1. The maximum atomic E-state index is 13.3. The van der Waals surface area contributed by atoms with Crippen molar-refractivity contribution in [3.63, 3.8) is 0 Å². The van der Waals surface area contributed by atoms with Crippen LogP contribution in [0.3, 0.4) is 0 Å². The molecule has 0 saturated heterocycles. The van der Waals surface area contributed by atoms with Gasteiger partial charge in [-0.05, 0) is 35.4 Å². The van der Waals surface area contributed by atoms with Gasteiger partial charge in [-0.2, -0.15) is 0 Å². The number of benzene rings is 3. The van der Waals surface area contributed by atoms with E-state index in [1.807, 2.05) is 30.3 Å². The lowest BCUT2D eigenvalue weighted by Crippen LogP contribution is -2.50. The van der Waals surface area contributed by atoms with Crippen LogP contribution in [0.5, 0.6) is 11.5 Å². The summed E-state index contributed by atoms with van der Waals surface area (Å²) in [4.78, 5) is 12.9. The first kappa shape index (κ1) is 21.7. The number of hydrogen-bond acceptors (Lipinski definition) is 5. The van der Waals surface area contributed by atoms with Gasteiger partial charge in [0, 0.05) is 6.54 Å². The lowest BCUT2D eigenvalue weighted by atomic mass is 10.2. The molecular formula is C24H24N2O5S. The number of anilines is 1. The zero-order chi connectivity index (χ0) is 22.6. The fourth-order valence-electron chi connectivity index (χ4n) is 3.51. The fraction of sp³-hybridized carbons (Fsp3) is 0.208. The smallest absolute Gasteiger partial charge is 0.263 e. The van der Waals surface area contributed by atoms with E-state index >= 15 is 0 Å². The van der Waals surface area contributed by atoms with Crippen molar-refractivity contribution in [2.24, 2.45) is 0 Å². The molecule has 1 atom stereocenters. The Morgan fingerprint density at radius 1 is 1.00 bits per heavy atom. The van der Waals surface area contributed by atoms with E-state index in [1.54, 1.807) is 55.6 Å². The second-order valence-corrected chi connectivity index (χ2v) is 9.31. The van der Waals surface area contributed by atoms with Crippen LogP contribution in [0.2, 0.25) is 0 Å². The molecule has 0 aliphatic carbocycles. The summed E-state index contributed by atoms with van der Waals surface area (Å²) in [5.41, 5.74) is 2.00. The second-order valence-electron chi connectivity index (χ2n) is 7.41. The van der Waals surface area contributed by atoms with Gasteiger partial charge in [-0.25, -0.2) is 8.42 Å². The number of ether oxygens (including phenoxy) is 2. The van der Waals surface area contributed by atoms with E-state index in [9.17, 15) is 13.2 Å². The van der Waals surface area contributed by atoms with Gasteiger partial charge in [-0.15, -0.1) is 0 Å². The Hall–Kier alpha value is -3.52. The van der Waals surface area contributed by atoms with Gasteiger partial charge in [0.2, 0.25) is 10.0 Å². The SMILES string of the molecule is COc1ccc(CNC(=O)C2CN(S(=O)(=O)Cc3ccccc3)c3ccccc3O2)cc1. The summed E-state index contributed by atoms with van der Waals surface area (Å²) in [7, 11) is -2.14. The summed E-state index contributed by atoms with van der Waals surface area (Å²) in [6.07, 6.45) is -0.964. The molecule has 0 radical (unpaired) electrons. The molecule has 0 bridgehead atoms. The van der Waals surface area contributed by atoms with Crippen LogP contribution in [0.15, 0.2) is 78.9 Å². The number of hydrogen-bond donors (Lipinski definition) is 1. The van der Waals surface area contributed by atoms with Crippen LogP contribution in [-0.4, -0.2) is 34.1 Å². The van der Waals surface area contributed by atoms with Crippen LogP contribution in [0, 0.1) is 0 Å². The standard InChI is InChI=1S/C24H24N2O5S/c1-30-20-13-11-18(12-14-20)15-25-24(27)23-16-26(21-9-5-6-10-22(21)31-23)32(28,29)17-19-7-3-2-4-8-19/h2-14,23H,15-17H2,1H3,(H,25,27). The maximum absolute atomic E-state index is 13.3. The van der Waals surface area contributed by atoms with Crippen molar-refractivity contribution >= 4 is 21.6 Å².